The molecule has 0 bridgehead atoms. The van der Waals surface area contributed by atoms with Crippen LogP contribution in [0.3, 0.4) is 0 Å². The summed E-state index contributed by atoms with van der Waals surface area (Å²) in [7, 11) is 0. The Morgan fingerprint density at radius 3 is 1.68 bits per heavy atom. The van der Waals surface area contributed by atoms with Crippen molar-refractivity contribution in [2.24, 2.45) is 0 Å². The van der Waals surface area contributed by atoms with Gasteiger partial charge in [0.2, 0.25) is 5.91 Å². The van der Waals surface area contributed by atoms with Gasteiger partial charge in [-0.1, -0.05) is 0 Å². The minimum absolute atomic E-state index is 0.396. The van der Waals surface area contributed by atoms with Gasteiger partial charge in [-0.2, -0.15) is 0 Å². The summed E-state index contributed by atoms with van der Waals surface area (Å²) < 4.78 is 51.8. The van der Waals surface area contributed by atoms with Crippen LogP contribution in [0, 0.1) is 0 Å². The van der Waals surface area contributed by atoms with Crippen LogP contribution in [0.4, 0.5) is 0 Å². The molecule has 0 aromatic heterocycles. The first-order valence-electron chi connectivity index (χ1n) is 18.4. The van der Waals surface area contributed by atoms with Crippen molar-refractivity contribution in [2.75, 3.05) is 26.4 Å². The number of rotatable bonds is 13. The van der Waals surface area contributed by atoms with Gasteiger partial charge in [0.1, 0.15) is 104 Å². The van der Waals surface area contributed by atoms with Crippen molar-refractivity contribution >= 4 is 5.91 Å². The SMILES string of the molecule is CC(=O)N[C@H]1[C@H](O[C@H]2[C@@H](O)[C@@H](CO)O[C@@H](O[C@H]3[C@H](O)[C@@H](O)[C@H](O)O[C@@H]3CO)[C@@H]2O)O[C@H](CO)[C@@H](O[C@H]2C[C@@H](O)[C@@H](O)[C@@H](CO)O2)[C@@H]1O[C@@H]1O[C@@H](C)[C@@H](O)[C@@H](O)[C@@H]1O. The van der Waals surface area contributed by atoms with Crippen LogP contribution in [0.25, 0.3) is 0 Å². The number of ether oxygens (including phenoxy) is 9. The van der Waals surface area contributed by atoms with Crippen LogP contribution >= 0.6 is 0 Å². The largest absolute Gasteiger partial charge is 0.394 e. The molecule has 5 rings (SSSR count). The molecule has 5 heterocycles. The zero-order chi connectivity index (χ0) is 42.0. The second-order valence-corrected chi connectivity index (χ2v) is 14.6. The first-order valence-corrected chi connectivity index (χ1v) is 18.4. The van der Waals surface area contributed by atoms with Crippen LogP contribution in [0.5, 0.6) is 0 Å². The Bertz CT molecular complexity index is 1270. The van der Waals surface area contributed by atoms with Gasteiger partial charge < -0.3 is 119 Å². The predicted octanol–water partition coefficient (Wildman–Crippen LogP) is -9.72. The molecule has 5 saturated heterocycles. The van der Waals surface area contributed by atoms with Crippen LogP contribution in [0.1, 0.15) is 20.3 Å². The van der Waals surface area contributed by atoms with Gasteiger partial charge in [0.25, 0.3) is 0 Å². The highest BCUT2D eigenvalue weighted by Crippen LogP contribution is 2.36. The lowest BCUT2D eigenvalue weighted by molar-refractivity contribution is -0.387. The summed E-state index contributed by atoms with van der Waals surface area (Å²) in [4.78, 5) is 12.7. The van der Waals surface area contributed by atoms with E-state index in [0.29, 0.717) is 0 Å². The Labute approximate surface area is 324 Å². The lowest BCUT2D eigenvalue weighted by Crippen LogP contribution is -2.70. The van der Waals surface area contributed by atoms with Crippen LogP contribution in [0.2, 0.25) is 0 Å². The number of hydrogen-bond acceptors (Lipinski definition) is 24. The standard InChI is InChI=1S/C32H55NO24/c1-8-17(40)20(43)23(46)31(49-8)56-27-16(33-9(2)38)30(53-14(7-37)26(27)54-15-3-10(39)18(41)11(4-34)50-15)57-28-19(42)12(5-35)52-32(24(28)47)55-25-13(6-36)51-29(48)22(45)21(25)44/h8,10-32,34-37,39-48H,3-7H2,1-2H3,(H,33,38)/t8-,10+,11+,12+,13+,14+,15-,16+,17+,18+,19-,20+,21+,22+,23-,24+,25+,26+,27+,28-,29+,30-,31-,32-/m0/s1. The maximum atomic E-state index is 12.7. The molecule has 0 unspecified atom stereocenters. The van der Waals surface area contributed by atoms with Crippen molar-refractivity contribution in [1.29, 1.82) is 0 Å². The van der Waals surface area contributed by atoms with Gasteiger partial charge in [-0.25, -0.2) is 0 Å². The van der Waals surface area contributed by atoms with Crippen LogP contribution < -0.4 is 5.32 Å². The van der Waals surface area contributed by atoms with Crippen molar-refractivity contribution in [2.45, 2.75) is 168 Å². The average molecular weight is 838 g/mol. The third-order valence-corrected chi connectivity index (χ3v) is 10.6. The van der Waals surface area contributed by atoms with E-state index in [9.17, 15) is 76.3 Å². The van der Waals surface area contributed by atoms with Crippen LogP contribution in [0.15, 0.2) is 0 Å². The normalized spacial score (nSPS) is 51.0. The Balaban J connectivity index is 1.48. The van der Waals surface area contributed by atoms with E-state index in [0.717, 1.165) is 6.92 Å². The summed E-state index contributed by atoms with van der Waals surface area (Å²) in [5, 5.41) is 149. The molecule has 57 heavy (non-hydrogen) atoms. The van der Waals surface area contributed by atoms with Crippen molar-refractivity contribution < 1.29 is 119 Å². The van der Waals surface area contributed by atoms with E-state index in [1.807, 2.05) is 0 Å². The Morgan fingerprint density at radius 1 is 0.526 bits per heavy atom. The molecule has 25 heteroatoms. The fourth-order valence-electron chi connectivity index (χ4n) is 7.36. The van der Waals surface area contributed by atoms with Crippen molar-refractivity contribution in [3.05, 3.63) is 0 Å². The number of carbonyl (C=O) groups is 1. The molecule has 15 N–H and O–H groups in total. The molecule has 0 aromatic carbocycles. The molecule has 332 valence electrons. The lowest BCUT2D eigenvalue weighted by atomic mass is 9.93. The molecular weight excluding hydrogens is 782 g/mol. The minimum atomic E-state index is -2.08. The van der Waals surface area contributed by atoms with Gasteiger partial charge >= 0.3 is 0 Å². The Hall–Kier alpha value is -1.45. The molecule has 0 radical (unpaired) electrons. The highest BCUT2D eigenvalue weighted by atomic mass is 16.8. The molecule has 0 saturated carbocycles. The topological polar surface area (TPSA) is 395 Å². The minimum Gasteiger partial charge on any atom is -0.394 e. The third-order valence-electron chi connectivity index (χ3n) is 10.6. The quantitative estimate of drug-likeness (QED) is 0.0819. The molecule has 25 nitrogen and oxygen atoms in total. The van der Waals surface area contributed by atoms with Gasteiger partial charge in [-0.15, -0.1) is 0 Å². The molecule has 5 aliphatic rings. The highest BCUT2D eigenvalue weighted by molar-refractivity contribution is 5.73. The summed E-state index contributed by atoms with van der Waals surface area (Å²) >= 11 is 0. The van der Waals surface area contributed by atoms with Gasteiger partial charge in [0, 0.05) is 13.3 Å². The second-order valence-electron chi connectivity index (χ2n) is 14.6. The van der Waals surface area contributed by atoms with E-state index in [1.54, 1.807) is 0 Å². The average Bonchev–Trinajstić information content (AvgIpc) is 3.18. The molecule has 0 spiro atoms. The summed E-state index contributed by atoms with van der Waals surface area (Å²) in [5.41, 5.74) is 0. The molecule has 5 aliphatic heterocycles. The van der Waals surface area contributed by atoms with E-state index in [1.165, 1.54) is 6.92 Å². The van der Waals surface area contributed by atoms with E-state index in [4.69, 9.17) is 42.6 Å². The number of aliphatic hydroxyl groups excluding tert-OH is 14. The van der Waals surface area contributed by atoms with E-state index in [2.05, 4.69) is 5.32 Å². The number of amides is 1. The predicted molar refractivity (Wildman–Crippen MR) is 175 cm³/mol. The number of nitrogens with one attached hydrogen (secondary N) is 1. The van der Waals surface area contributed by atoms with E-state index in [-0.39, 0.29) is 0 Å². The van der Waals surface area contributed by atoms with Crippen molar-refractivity contribution in [3.63, 3.8) is 0 Å². The number of aliphatic hydroxyl groups is 14. The van der Waals surface area contributed by atoms with E-state index < -0.39 is 186 Å². The Morgan fingerprint density at radius 2 is 1.07 bits per heavy atom. The maximum Gasteiger partial charge on any atom is 0.217 e. The highest BCUT2D eigenvalue weighted by Gasteiger charge is 2.57. The van der Waals surface area contributed by atoms with Crippen molar-refractivity contribution in [1.82, 2.24) is 5.32 Å². The summed E-state index contributed by atoms with van der Waals surface area (Å²) in [5.74, 6) is -0.779. The molecule has 1 amide bonds. The van der Waals surface area contributed by atoms with Gasteiger partial charge in [-0.05, 0) is 6.92 Å². The van der Waals surface area contributed by atoms with Gasteiger partial charge in [0.05, 0.1) is 38.6 Å². The van der Waals surface area contributed by atoms with Crippen LogP contribution in [-0.4, -0.2) is 251 Å². The first kappa shape index (κ1) is 46.6. The lowest BCUT2D eigenvalue weighted by Gasteiger charge is -2.51. The smallest absolute Gasteiger partial charge is 0.217 e. The fraction of sp³-hybridized carbons (Fsp3) is 0.969. The summed E-state index contributed by atoms with van der Waals surface area (Å²) in [6.45, 7) is -1.05. The van der Waals surface area contributed by atoms with Crippen molar-refractivity contribution in [3.8, 4) is 0 Å². The van der Waals surface area contributed by atoms with Gasteiger partial charge in [0.15, 0.2) is 31.5 Å². The fourth-order valence-corrected chi connectivity index (χ4v) is 7.36. The summed E-state index contributed by atoms with van der Waals surface area (Å²) in [6, 6.07) is -1.64. The number of hydrogen-bond donors (Lipinski definition) is 15. The Kier molecular flexibility index (Phi) is 16.3. The maximum absolute atomic E-state index is 12.7. The van der Waals surface area contributed by atoms with E-state index >= 15 is 0 Å². The monoisotopic (exact) mass is 837 g/mol. The summed E-state index contributed by atoms with van der Waals surface area (Å²) in [6.07, 6.45) is -39.5. The van der Waals surface area contributed by atoms with Gasteiger partial charge in [-0.3, -0.25) is 4.79 Å². The molecule has 0 aliphatic carbocycles. The zero-order valence-corrected chi connectivity index (χ0v) is 30.7. The van der Waals surface area contributed by atoms with Crippen LogP contribution in [-0.2, 0) is 47.4 Å². The second kappa shape index (κ2) is 19.9. The first-order chi connectivity index (χ1) is 26.9. The zero-order valence-electron chi connectivity index (χ0n) is 30.7. The molecule has 24 atom stereocenters. The molecular formula is C32H55NO24. The third kappa shape index (κ3) is 10.0. The molecule has 0 aromatic rings. The molecule has 5 fully saturated rings. The number of carbonyl (C=O) groups excluding carboxylic acids is 1.